The van der Waals surface area contributed by atoms with Crippen molar-refractivity contribution in [3.8, 4) is 11.6 Å². The van der Waals surface area contributed by atoms with Crippen LogP contribution < -0.4 is 14.8 Å². The average molecular weight is 327 g/mol. The van der Waals surface area contributed by atoms with E-state index in [2.05, 4.69) is 15.3 Å². The van der Waals surface area contributed by atoms with Gasteiger partial charge >= 0.3 is 0 Å². The van der Waals surface area contributed by atoms with Crippen molar-refractivity contribution in [2.24, 2.45) is 0 Å². The zero-order chi connectivity index (χ0) is 16.8. The maximum absolute atomic E-state index is 12.4. The fourth-order valence-electron chi connectivity index (χ4n) is 2.94. The number of aromatic nitrogens is 2. The number of carbonyl (C=O) groups excluding carboxylic acids is 1. The van der Waals surface area contributed by atoms with Crippen LogP contribution in [0.1, 0.15) is 36.0 Å². The van der Waals surface area contributed by atoms with Gasteiger partial charge in [-0.25, -0.2) is 4.98 Å². The van der Waals surface area contributed by atoms with Crippen LogP contribution in [-0.2, 0) is 0 Å². The lowest BCUT2D eigenvalue weighted by molar-refractivity contribution is 0.0887. The van der Waals surface area contributed by atoms with Gasteiger partial charge in [-0.2, -0.15) is 0 Å². The number of hydrogen-bond donors (Lipinski definition) is 1. The first-order valence-corrected chi connectivity index (χ1v) is 8.13. The molecule has 2 aromatic rings. The molecule has 0 bridgehead atoms. The number of para-hydroxylation sites is 1. The van der Waals surface area contributed by atoms with Crippen molar-refractivity contribution in [3.05, 3.63) is 48.4 Å². The van der Waals surface area contributed by atoms with E-state index in [1.165, 1.54) is 0 Å². The normalized spacial score (nSPS) is 20.2. The standard InChI is InChI=1S/C18H21N3O3/c1-23-16-5-3-2-4-15(16)18(22)21-13-6-8-14(9-7-13)24-17-12-19-10-11-20-17/h2-5,10-14H,6-9H2,1H3,(H,21,22). The molecule has 0 spiro atoms. The summed E-state index contributed by atoms with van der Waals surface area (Å²) in [7, 11) is 1.57. The van der Waals surface area contributed by atoms with E-state index in [0.29, 0.717) is 17.2 Å². The van der Waals surface area contributed by atoms with E-state index in [-0.39, 0.29) is 18.1 Å². The highest BCUT2D eigenvalue weighted by Gasteiger charge is 2.25. The third-order valence-corrected chi connectivity index (χ3v) is 4.19. The van der Waals surface area contributed by atoms with E-state index in [0.717, 1.165) is 25.7 Å². The molecule has 24 heavy (non-hydrogen) atoms. The molecule has 0 atom stereocenters. The molecule has 0 aliphatic heterocycles. The molecule has 0 saturated heterocycles. The smallest absolute Gasteiger partial charge is 0.255 e. The monoisotopic (exact) mass is 327 g/mol. The van der Waals surface area contributed by atoms with Crippen LogP contribution in [0, 0.1) is 0 Å². The molecule has 1 fully saturated rings. The second-order valence-corrected chi connectivity index (χ2v) is 5.81. The molecule has 6 heteroatoms. The Hall–Kier alpha value is -2.63. The molecule has 1 aromatic heterocycles. The number of benzene rings is 1. The van der Waals surface area contributed by atoms with Crippen LogP contribution >= 0.6 is 0 Å². The number of nitrogens with zero attached hydrogens (tertiary/aromatic N) is 2. The first-order chi connectivity index (χ1) is 11.8. The Labute approximate surface area is 141 Å². The van der Waals surface area contributed by atoms with E-state index >= 15 is 0 Å². The number of amides is 1. The van der Waals surface area contributed by atoms with Gasteiger partial charge in [0.25, 0.3) is 5.91 Å². The second-order valence-electron chi connectivity index (χ2n) is 5.81. The Morgan fingerprint density at radius 2 is 1.96 bits per heavy atom. The van der Waals surface area contributed by atoms with Gasteiger partial charge in [0.2, 0.25) is 5.88 Å². The van der Waals surface area contributed by atoms with Crippen molar-refractivity contribution in [2.75, 3.05) is 7.11 Å². The Morgan fingerprint density at radius 3 is 2.67 bits per heavy atom. The van der Waals surface area contributed by atoms with Crippen molar-refractivity contribution < 1.29 is 14.3 Å². The second kappa shape index (κ2) is 7.77. The largest absolute Gasteiger partial charge is 0.496 e. The Kier molecular flexibility index (Phi) is 5.25. The minimum Gasteiger partial charge on any atom is -0.496 e. The van der Waals surface area contributed by atoms with Gasteiger partial charge < -0.3 is 14.8 Å². The molecular formula is C18H21N3O3. The lowest BCUT2D eigenvalue weighted by Gasteiger charge is -2.29. The van der Waals surface area contributed by atoms with Crippen molar-refractivity contribution in [1.82, 2.24) is 15.3 Å². The summed E-state index contributed by atoms with van der Waals surface area (Å²) in [5.74, 6) is 1.06. The van der Waals surface area contributed by atoms with Gasteiger partial charge in [0, 0.05) is 18.4 Å². The SMILES string of the molecule is COc1ccccc1C(=O)NC1CCC(Oc2cnccn2)CC1. The zero-order valence-electron chi connectivity index (χ0n) is 13.6. The third-order valence-electron chi connectivity index (χ3n) is 4.19. The zero-order valence-corrected chi connectivity index (χ0v) is 13.6. The lowest BCUT2D eigenvalue weighted by atomic mass is 9.92. The van der Waals surface area contributed by atoms with Crippen LogP contribution in [0.3, 0.4) is 0 Å². The van der Waals surface area contributed by atoms with Crippen molar-refractivity contribution in [2.45, 2.75) is 37.8 Å². The summed E-state index contributed by atoms with van der Waals surface area (Å²) >= 11 is 0. The summed E-state index contributed by atoms with van der Waals surface area (Å²) in [6.07, 6.45) is 8.51. The average Bonchev–Trinajstić information content (AvgIpc) is 2.64. The number of carbonyl (C=O) groups is 1. The molecule has 0 unspecified atom stereocenters. The highest BCUT2D eigenvalue weighted by Crippen LogP contribution is 2.24. The van der Waals surface area contributed by atoms with Crippen LogP contribution in [0.2, 0.25) is 0 Å². The van der Waals surface area contributed by atoms with Crippen LogP contribution in [0.5, 0.6) is 11.6 Å². The van der Waals surface area contributed by atoms with Crippen molar-refractivity contribution >= 4 is 5.91 Å². The van der Waals surface area contributed by atoms with E-state index in [9.17, 15) is 4.79 Å². The summed E-state index contributed by atoms with van der Waals surface area (Å²) in [5, 5.41) is 3.09. The van der Waals surface area contributed by atoms with Crippen LogP contribution in [-0.4, -0.2) is 35.1 Å². The first kappa shape index (κ1) is 16.2. The van der Waals surface area contributed by atoms with Gasteiger partial charge in [0.15, 0.2) is 0 Å². The summed E-state index contributed by atoms with van der Waals surface area (Å²) in [4.78, 5) is 20.6. The van der Waals surface area contributed by atoms with Crippen LogP contribution in [0.15, 0.2) is 42.9 Å². The lowest BCUT2D eigenvalue weighted by Crippen LogP contribution is -2.39. The molecule has 1 amide bonds. The van der Waals surface area contributed by atoms with E-state index in [1.807, 2.05) is 12.1 Å². The van der Waals surface area contributed by atoms with Gasteiger partial charge in [0.05, 0.1) is 18.9 Å². The minimum absolute atomic E-state index is 0.0919. The highest BCUT2D eigenvalue weighted by atomic mass is 16.5. The van der Waals surface area contributed by atoms with E-state index in [1.54, 1.807) is 37.8 Å². The highest BCUT2D eigenvalue weighted by molar-refractivity contribution is 5.97. The Bertz CT molecular complexity index is 670. The molecule has 1 heterocycles. The van der Waals surface area contributed by atoms with E-state index in [4.69, 9.17) is 9.47 Å². The Balaban J connectivity index is 1.51. The summed E-state index contributed by atoms with van der Waals surface area (Å²) < 4.78 is 11.1. The maximum atomic E-state index is 12.4. The predicted octanol–water partition coefficient (Wildman–Crippen LogP) is 2.61. The maximum Gasteiger partial charge on any atom is 0.255 e. The topological polar surface area (TPSA) is 73.3 Å². The Morgan fingerprint density at radius 1 is 1.17 bits per heavy atom. The summed E-state index contributed by atoms with van der Waals surface area (Å²) in [6.45, 7) is 0. The number of hydrogen-bond acceptors (Lipinski definition) is 5. The molecule has 1 aliphatic rings. The fraction of sp³-hybridized carbons (Fsp3) is 0.389. The number of ether oxygens (including phenoxy) is 2. The molecule has 1 saturated carbocycles. The van der Waals surface area contributed by atoms with Crippen LogP contribution in [0.25, 0.3) is 0 Å². The molecule has 126 valence electrons. The molecule has 3 rings (SSSR count). The van der Waals surface area contributed by atoms with Gasteiger partial charge in [-0.1, -0.05) is 12.1 Å². The van der Waals surface area contributed by atoms with Crippen molar-refractivity contribution in [3.63, 3.8) is 0 Å². The number of rotatable bonds is 5. The fourth-order valence-corrected chi connectivity index (χ4v) is 2.94. The van der Waals surface area contributed by atoms with E-state index < -0.39 is 0 Å². The quantitative estimate of drug-likeness (QED) is 0.914. The van der Waals surface area contributed by atoms with Gasteiger partial charge in [-0.15, -0.1) is 0 Å². The predicted molar refractivity (Wildman–Crippen MR) is 89.2 cm³/mol. The van der Waals surface area contributed by atoms with Crippen LogP contribution in [0.4, 0.5) is 0 Å². The molecular weight excluding hydrogens is 306 g/mol. The molecule has 0 radical (unpaired) electrons. The molecule has 1 aromatic carbocycles. The third kappa shape index (κ3) is 4.01. The van der Waals surface area contributed by atoms with Gasteiger partial charge in [0.1, 0.15) is 11.9 Å². The van der Waals surface area contributed by atoms with Crippen molar-refractivity contribution in [1.29, 1.82) is 0 Å². The van der Waals surface area contributed by atoms with Gasteiger partial charge in [-0.05, 0) is 37.8 Å². The molecule has 6 nitrogen and oxygen atoms in total. The minimum atomic E-state index is -0.0919. The molecule has 1 N–H and O–H groups in total. The number of methoxy groups -OCH3 is 1. The first-order valence-electron chi connectivity index (χ1n) is 8.13. The van der Waals surface area contributed by atoms with Gasteiger partial charge in [-0.3, -0.25) is 9.78 Å². The molecule has 1 aliphatic carbocycles. The summed E-state index contributed by atoms with van der Waals surface area (Å²) in [5.41, 5.74) is 0.568. The number of nitrogens with one attached hydrogen (secondary N) is 1. The summed E-state index contributed by atoms with van der Waals surface area (Å²) in [6, 6.07) is 7.41.